The first-order valence-corrected chi connectivity index (χ1v) is 16.2. The van der Waals surface area contributed by atoms with Gasteiger partial charge in [0.1, 0.15) is 12.4 Å². The van der Waals surface area contributed by atoms with Gasteiger partial charge in [0.25, 0.3) is 5.56 Å². The molecule has 4 aromatic rings. The van der Waals surface area contributed by atoms with Crippen LogP contribution in [-0.2, 0) is 9.53 Å². The van der Waals surface area contributed by atoms with E-state index in [1.165, 1.54) is 18.4 Å². The van der Waals surface area contributed by atoms with Crippen molar-refractivity contribution in [3.63, 3.8) is 0 Å². The molecule has 0 unspecified atom stereocenters. The van der Waals surface area contributed by atoms with Gasteiger partial charge in [0.2, 0.25) is 0 Å². The molecule has 2 heterocycles. The average molecular weight is 787 g/mol. The number of esters is 1. The van der Waals surface area contributed by atoms with Crippen molar-refractivity contribution in [2.75, 3.05) is 27.4 Å². The molecule has 1 aromatic heterocycles. The third-order valence-corrected chi connectivity index (χ3v) is 9.01. The number of fused-ring (bicyclic) bond motifs is 1. The molecule has 5 rings (SSSR count). The van der Waals surface area contributed by atoms with Crippen LogP contribution < -0.4 is 29.1 Å². The lowest BCUT2D eigenvalue weighted by Gasteiger charge is -2.26. The van der Waals surface area contributed by atoms with Crippen LogP contribution in [0.3, 0.4) is 0 Å². The molecule has 3 aromatic carbocycles. The molecule has 226 valence electrons. The van der Waals surface area contributed by atoms with E-state index in [9.17, 15) is 9.59 Å². The van der Waals surface area contributed by atoms with Crippen molar-refractivity contribution >= 4 is 67.6 Å². The summed E-state index contributed by atoms with van der Waals surface area (Å²) in [6.45, 7) is 5.96. The number of rotatable bonds is 10. The normalized spacial score (nSPS) is 14.5. The number of halogens is 2. The van der Waals surface area contributed by atoms with Crippen LogP contribution in [0.5, 0.6) is 17.2 Å². The quantitative estimate of drug-likeness (QED) is 0.113. The van der Waals surface area contributed by atoms with Crippen LogP contribution >= 0.6 is 49.9 Å². The molecule has 0 saturated heterocycles. The maximum Gasteiger partial charge on any atom is 0.338 e. The van der Waals surface area contributed by atoms with E-state index < -0.39 is 12.0 Å². The number of hydrogen-bond acceptors (Lipinski definition) is 8. The third-order valence-electron chi connectivity index (χ3n) is 6.77. The standard InChI is InChI=1S/C33H28BrIN2O6S/c1-5-14-43-30-21(15-22(34)18-23(30)35)17-26-31(38)37-29(20-12-13-24(40-3)25(16-20)41-4)27(32(39)42-6-2)28(36-33(37)44-26)19-10-8-7-9-11-19/h5,7-13,15-18,29H,1,6,14H2,2-4H3/b26-17-/t29-/m1/s1. The maximum atomic E-state index is 14.3. The Labute approximate surface area is 280 Å². The number of methoxy groups -OCH3 is 2. The Bertz CT molecular complexity index is 1950. The summed E-state index contributed by atoms with van der Waals surface area (Å²) in [5.74, 6) is 1.05. The minimum Gasteiger partial charge on any atom is -0.493 e. The summed E-state index contributed by atoms with van der Waals surface area (Å²) in [4.78, 5) is 33.4. The summed E-state index contributed by atoms with van der Waals surface area (Å²) < 4.78 is 26.3. The van der Waals surface area contributed by atoms with Gasteiger partial charge in [0.05, 0.1) is 46.2 Å². The molecule has 0 bridgehead atoms. The largest absolute Gasteiger partial charge is 0.493 e. The number of carbonyl (C=O) groups is 1. The second-order valence-electron chi connectivity index (χ2n) is 9.45. The molecule has 44 heavy (non-hydrogen) atoms. The zero-order chi connectivity index (χ0) is 31.4. The van der Waals surface area contributed by atoms with Crippen LogP contribution in [-0.4, -0.2) is 38.0 Å². The molecule has 0 radical (unpaired) electrons. The first-order chi connectivity index (χ1) is 21.3. The lowest BCUT2D eigenvalue weighted by Crippen LogP contribution is -2.40. The van der Waals surface area contributed by atoms with Crippen molar-refractivity contribution in [1.29, 1.82) is 0 Å². The van der Waals surface area contributed by atoms with Gasteiger partial charge in [-0.25, -0.2) is 9.79 Å². The van der Waals surface area contributed by atoms with Gasteiger partial charge < -0.3 is 18.9 Å². The van der Waals surface area contributed by atoms with Gasteiger partial charge in [0, 0.05) is 15.6 Å². The zero-order valence-electron chi connectivity index (χ0n) is 24.1. The van der Waals surface area contributed by atoms with Crippen LogP contribution in [0, 0.1) is 3.57 Å². The van der Waals surface area contributed by atoms with E-state index >= 15 is 0 Å². The molecule has 1 atom stereocenters. The Kier molecular flexibility index (Phi) is 10.1. The lowest BCUT2D eigenvalue weighted by molar-refractivity contribution is -0.138. The number of nitrogens with zero attached hydrogens (tertiary/aromatic N) is 2. The number of aromatic nitrogens is 1. The highest BCUT2D eigenvalue weighted by atomic mass is 127. The second-order valence-corrected chi connectivity index (χ2v) is 12.5. The Balaban J connectivity index is 1.84. The predicted octanol–water partition coefficient (Wildman–Crippen LogP) is 5.88. The topological polar surface area (TPSA) is 88.3 Å². The molecular formula is C33H28BrIN2O6S. The van der Waals surface area contributed by atoms with Crippen molar-refractivity contribution in [2.24, 2.45) is 4.99 Å². The van der Waals surface area contributed by atoms with Crippen molar-refractivity contribution in [2.45, 2.75) is 13.0 Å². The summed E-state index contributed by atoms with van der Waals surface area (Å²) >= 11 is 7.00. The molecule has 11 heteroatoms. The van der Waals surface area contributed by atoms with Crippen molar-refractivity contribution in [1.82, 2.24) is 4.57 Å². The smallest absolute Gasteiger partial charge is 0.338 e. The highest BCUT2D eigenvalue weighted by Gasteiger charge is 2.35. The summed E-state index contributed by atoms with van der Waals surface area (Å²) in [5.41, 5.74) is 2.44. The average Bonchev–Trinajstić information content (AvgIpc) is 3.34. The van der Waals surface area contributed by atoms with E-state index in [1.54, 1.807) is 42.9 Å². The summed E-state index contributed by atoms with van der Waals surface area (Å²) in [7, 11) is 3.09. The highest BCUT2D eigenvalue weighted by Crippen LogP contribution is 2.38. The Morgan fingerprint density at radius 3 is 2.55 bits per heavy atom. The van der Waals surface area contributed by atoms with E-state index in [0.717, 1.165) is 13.6 Å². The second kappa shape index (κ2) is 14.0. The number of hydrogen-bond donors (Lipinski definition) is 0. The van der Waals surface area contributed by atoms with Crippen molar-refractivity contribution < 1.29 is 23.7 Å². The molecule has 1 aliphatic heterocycles. The number of ether oxygens (including phenoxy) is 4. The Morgan fingerprint density at radius 1 is 1.11 bits per heavy atom. The first kappa shape index (κ1) is 31.7. The van der Waals surface area contributed by atoms with Gasteiger partial charge in [-0.1, -0.05) is 76.3 Å². The van der Waals surface area contributed by atoms with E-state index in [1.807, 2.05) is 48.5 Å². The number of thiazole rings is 1. The van der Waals surface area contributed by atoms with Crippen LogP contribution in [0.25, 0.3) is 11.8 Å². The van der Waals surface area contributed by atoms with E-state index in [0.29, 0.717) is 50.0 Å². The molecule has 0 saturated carbocycles. The third kappa shape index (κ3) is 6.26. The van der Waals surface area contributed by atoms with Crippen molar-refractivity contribution in [3.8, 4) is 17.2 Å². The van der Waals surface area contributed by atoms with Gasteiger partial charge >= 0.3 is 5.97 Å². The monoisotopic (exact) mass is 786 g/mol. The molecular weight excluding hydrogens is 759 g/mol. The number of benzene rings is 3. The predicted molar refractivity (Wildman–Crippen MR) is 183 cm³/mol. The van der Waals surface area contributed by atoms with Crippen molar-refractivity contribution in [3.05, 3.63) is 123 Å². The minimum atomic E-state index is -0.860. The zero-order valence-corrected chi connectivity index (χ0v) is 28.7. The van der Waals surface area contributed by atoms with Crippen LogP contribution in [0.4, 0.5) is 0 Å². The van der Waals surface area contributed by atoms with E-state index in [2.05, 4.69) is 45.1 Å². The molecule has 8 nitrogen and oxygen atoms in total. The lowest BCUT2D eigenvalue weighted by atomic mass is 9.93. The van der Waals surface area contributed by atoms with E-state index in [-0.39, 0.29) is 17.7 Å². The summed E-state index contributed by atoms with van der Waals surface area (Å²) in [6.07, 6.45) is 3.46. The fourth-order valence-electron chi connectivity index (χ4n) is 4.90. The Morgan fingerprint density at radius 2 is 1.86 bits per heavy atom. The van der Waals surface area contributed by atoms with Gasteiger partial charge in [0.15, 0.2) is 16.3 Å². The van der Waals surface area contributed by atoms with E-state index in [4.69, 9.17) is 23.9 Å². The summed E-state index contributed by atoms with van der Waals surface area (Å²) in [5, 5.41) is 0. The highest BCUT2D eigenvalue weighted by molar-refractivity contribution is 14.1. The molecule has 0 fully saturated rings. The van der Waals surface area contributed by atoms with Gasteiger partial charge in [-0.3, -0.25) is 9.36 Å². The van der Waals surface area contributed by atoms with Gasteiger partial charge in [-0.2, -0.15) is 0 Å². The van der Waals surface area contributed by atoms with Crippen LogP contribution in [0.1, 0.15) is 29.7 Å². The minimum absolute atomic E-state index is 0.155. The molecule has 0 N–H and O–H groups in total. The Hall–Kier alpha value is -3.68. The van der Waals surface area contributed by atoms with Crippen LogP contribution in [0.15, 0.2) is 93.2 Å². The SMILES string of the molecule is C=CCOc1c(I)cc(Br)cc1/C=c1\sc2n(c1=O)[C@H](c1ccc(OC)c(OC)c1)C(C(=O)OCC)=C(c1ccccc1)N=2. The summed E-state index contributed by atoms with van der Waals surface area (Å²) in [6, 6.07) is 17.7. The molecule has 0 spiro atoms. The fourth-order valence-corrected chi connectivity index (χ4v) is 7.60. The van der Waals surface area contributed by atoms with Crippen LogP contribution in [0.2, 0.25) is 0 Å². The number of carbonyl (C=O) groups excluding carboxylic acids is 1. The first-order valence-electron chi connectivity index (χ1n) is 13.5. The molecule has 0 amide bonds. The fraction of sp³-hybridized carbons (Fsp3) is 0.182. The van der Waals surface area contributed by atoms with Gasteiger partial charge in [-0.05, 0) is 65.4 Å². The molecule has 1 aliphatic rings. The maximum absolute atomic E-state index is 14.3. The molecule has 0 aliphatic carbocycles. The van der Waals surface area contributed by atoms with Gasteiger partial charge in [-0.15, -0.1) is 0 Å².